The van der Waals surface area contributed by atoms with E-state index < -0.39 is 0 Å². The van der Waals surface area contributed by atoms with E-state index in [1.54, 1.807) is 19.2 Å². The Morgan fingerprint density at radius 2 is 1.91 bits per heavy atom. The van der Waals surface area contributed by atoms with Crippen LogP contribution in [0.2, 0.25) is 0 Å². The van der Waals surface area contributed by atoms with E-state index in [9.17, 15) is 9.18 Å². The van der Waals surface area contributed by atoms with Crippen molar-refractivity contribution in [3.05, 3.63) is 78.1 Å². The Bertz CT molecular complexity index is 1090. The number of nitrogens with zero attached hydrogens (tertiary/aromatic N) is 1. The van der Waals surface area contributed by atoms with E-state index in [1.807, 2.05) is 6.07 Å². The molecule has 6 heteroatoms. The third-order valence-corrected chi connectivity index (χ3v) is 6.31. The van der Waals surface area contributed by atoms with Crippen LogP contribution < -0.4 is 10.1 Å². The second kappa shape index (κ2) is 12.0. The van der Waals surface area contributed by atoms with Gasteiger partial charge >= 0.3 is 0 Å². The molecule has 0 spiro atoms. The first-order valence-electron chi connectivity index (χ1n) is 12.0. The minimum atomic E-state index is -0.313. The smallest absolute Gasteiger partial charge is 0.224 e. The fourth-order valence-corrected chi connectivity index (χ4v) is 4.68. The second-order valence-electron chi connectivity index (χ2n) is 9.08. The van der Waals surface area contributed by atoms with Crippen molar-refractivity contribution in [3.63, 3.8) is 0 Å². The number of likely N-dealkylation sites (tertiary alicyclic amines) is 1. The van der Waals surface area contributed by atoms with Gasteiger partial charge in [0.25, 0.3) is 0 Å². The van der Waals surface area contributed by atoms with Gasteiger partial charge in [0.1, 0.15) is 11.6 Å². The first-order valence-corrected chi connectivity index (χ1v) is 12.0. The topological polar surface area (TPSA) is 50.8 Å². The molecule has 4 rings (SSSR count). The molecule has 3 aromatic rings. The molecule has 1 aliphatic heterocycles. The first-order chi connectivity index (χ1) is 16.6. The van der Waals surface area contributed by atoms with Crippen LogP contribution >= 0.6 is 0 Å². The average Bonchev–Trinajstić information content (AvgIpc) is 2.85. The Kier molecular flexibility index (Phi) is 8.50. The fraction of sp³-hybridized carbons (Fsp3) is 0.393. The van der Waals surface area contributed by atoms with Crippen LogP contribution in [0.25, 0.3) is 10.8 Å². The molecule has 0 unspecified atom stereocenters. The van der Waals surface area contributed by atoms with E-state index in [2.05, 4.69) is 46.6 Å². The number of methoxy groups -OCH3 is 1. The van der Waals surface area contributed by atoms with E-state index in [4.69, 9.17) is 9.47 Å². The van der Waals surface area contributed by atoms with Crippen molar-refractivity contribution < 1.29 is 18.7 Å². The molecular formula is C28H33FN2O3. The van der Waals surface area contributed by atoms with E-state index in [1.165, 1.54) is 28.5 Å². The van der Waals surface area contributed by atoms with Crippen LogP contribution in [0.3, 0.4) is 0 Å². The number of benzene rings is 3. The number of fused-ring (bicyclic) bond motifs is 1. The maximum Gasteiger partial charge on any atom is 0.224 e. The molecule has 1 saturated heterocycles. The van der Waals surface area contributed by atoms with E-state index in [0.29, 0.717) is 32.1 Å². The SMILES string of the molecule is COCCCNC(=O)[C@@H]1C[C@H](COc2cccc(F)c2)CN(Cc2ccc3ccccc3c2)C1. The zero-order valence-corrected chi connectivity index (χ0v) is 19.7. The third kappa shape index (κ3) is 6.78. The van der Waals surface area contributed by atoms with Gasteiger partial charge in [-0.15, -0.1) is 0 Å². The molecule has 1 amide bonds. The minimum Gasteiger partial charge on any atom is -0.493 e. The summed E-state index contributed by atoms with van der Waals surface area (Å²) >= 11 is 0. The number of piperidine rings is 1. The molecule has 3 aromatic carbocycles. The lowest BCUT2D eigenvalue weighted by Crippen LogP contribution is -2.47. The van der Waals surface area contributed by atoms with Crippen LogP contribution in [-0.4, -0.2) is 50.8 Å². The normalized spacial score (nSPS) is 18.6. The maximum absolute atomic E-state index is 13.5. The van der Waals surface area contributed by atoms with Gasteiger partial charge in [0, 0.05) is 51.9 Å². The largest absolute Gasteiger partial charge is 0.493 e. The molecule has 1 N–H and O–H groups in total. The lowest BCUT2D eigenvalue weighted by Gasteiger charge is -2.37. The molecule has 5 nitrogen and oxygen atoms in total. The average molecular weight is 465 g/mol. The summed E-state index contributed by atoms with van der Waals surface area (Å²) in [5, 5.41) is 5.50. The summed E-state index contributed by atoms with van der Waals surface area (Å²) in [7, 11) is 1.66. The van der Waals surface area contributed by atoms with Crippen molar-refractivity contribution in [2.45, 2.75) is 19.4 Å². The first kappa shape index (κ1) is 24.2. The number of halogens is 1. The van der Waals surface area contributed by atoms with Crippen LogP contribution in [0.5, 0.6) is 5.75 Å². The van der Waals surface area contributed by atoms with Crippen LogP contribution in [0.15, 0.2) is 66.7 Å². The summed E-state index contributed by atoms with van der Waals surface area (Å²) < 4.78 is 24.5. The number of hydrogen-bond acceptors (Lipinski definition) is 4. The lowest BCUT2D eigenvalue weighted by molar-refractivity contribution is -0.127. The molecule has 34 heavy (non-hydrogen) atoms. The predicted octanol–water partition coefficient (Wildman–Crippen LogP) is 4.65. The lowest BCUT2D eigenvalue weighted by atomic mass is 9.88. The minimum absolute atomic E-state index is 0.0788. The van der Waals surface area contributed by atoms with Crippen molar-refractivity contribution in [2.75, 3.05) is 40.0 Å². The molecule has 0 bridgehead atoms. The van der Waals surface area contributed by atoms with E-state index >= 15 is 0 Å². The monoisotopic (exact) mass is 464 g/mol. The number of carbonyl (C=O) groups is 1. The Labute approximate surface area is 200 Å². The Balaban J connectivity index is 1.43. The van der Waals surface area contributed by atoms with Crippen molar-refractivity contribution in [3.8, 4) is 5.75 Å². The number of hydrogen-bond donors (Lipinski definition) is 1. The zero-order valence-electron chi connectivity index (χ0n) is 19.7. The molecule has 0 aromatic heterocycles. The molecule has 180 valence electrons. The van der Waals surface area contributed by atoms with Gasteiger partial charge in [-0.1, -0.05) is 42.5 Å². The highest BCUT2D eigenvalue weighted by molar-refractivity contribution is 5.83. The van der Waals surface area contributed by atoms with Gasteiger partial charge in [0.05, 0.1) is 12.5 Å². The number of carbonyl (C=O) groups excluding carboxylic acids is 1. The highest BCUT2D eigenvalue weighted by Crippen LogP contribution is 2.26. The standard InChI is InChI=1S/C28H33FN2O3/c1-33-13-5-12-30-28(32)25-15-22(20-34-27-9-4-8-26(29)16-27)18-31(19-25)17-21-10-11-23-6-2-3-7-24(23)14-21/h2-4,6-11,14,16,22,25H,5,12-13,15,17-20H2,1H3,(H,30,32)/t22-,25+/m0/s1. The van der Waals surface area contributed by atoms with Crippen molar-refractivity contribution >= 4 is 16.7 Å². The van der Waals surface area contributed by atoms with Crippen molar-refractivity contribution in [1.82, 2.24) is 10.2 Å². The second-order valence-corrected chi connectivity index (χ2v) is 9.08. The van der Waals surface area contributed by atoms with Gasteiger partial charge in [-0.2, -0.15) is 0 Å². The molecule has 0 radical (unpaired) electrons. The summed E-state index contributed by atoms with van der Waals surface area (Å²) in [4.78, 5) is 15.3. The molecule has 0 saturated carbocycles. The summed E-state index contributed by atoms with van der Waals surface area (Å²) in [5.74, 6) is 0.347. The van der Waals surface area contributed by atoms with Gasteiger partial charge in [-0.05, 0) is 47.4 Å². The molecule has 1 fully saturated rings. The van der Waals surface area contributed by atoms with Gasteiger partial charge in [-0.25, -0.2) is 4.39 Å². The Hall–Kier alpha value is -2.96. The summed E-state index contributed by atoms with van der Waals surface area (Å²) in [6.07, 6.45) is 1.54. The predicted molar refractivity (Wildman–Crippen MR) is 132 cm³/mol. The Morgan fingerprint density at radius 1 is 1.06 bits per heavy atom. The van der Waals surface area contributed by atoms with Crippen molar-refractivity contribution in [1.29, 1.82) is 0 Å². The molecule has 1 aliphatic rings. The summed E-state index contributed by atoms with van der Waals surface area (Å²) in [5.41, 5.74) is 1.23. The maximum atomic E-state index is 13.5. The third-order valence-electron chi connectivity index (χ3n) is 6.31. The van der Waals surface area contributed by atoms with E-state index in [-0.39, 0.29) is 23.6 Å². The molecule has 2 atom stereocenters. The highest BCUT2D eigenvalue weighted by atomic mass is 19.1. The van der Waals surface area contributed by atoms with Crippen LogP contribution in [0, 0.1) is 17.7 Å². The summed E-state index contributed by atoms with van der Waals surface area (Å²) in [6.45, 7) is 4.00. The molecule has 0 aliphatic carbocycles. The van der Waals surface area contributed by atoms with Gasteiger partial charge < -0.3 is 14.8 Å². The fourth-order valence-electron chi connectivity index (χ4n) is 4.68. The van der Waals surface area contributed by atoms with Crippen molar-refractivity contribution in [2.24, 2.45) is 11.8 Å². The molecule has 1 heterocycles. The van der Waals surface area contributed by atoms with E-state index in [0.717, 1.165) is 25.9 Å². The number of rotatable bonds is 10. The quantitative estimate of drug-likeness (QED) is 0.444. The van der Waals surface area contributed by atoms with Crippen LogP contribution in [-0.2, 0) is 16.1 Å². The van der Waals surface area contributed by atoms with Gasteiger partial charge in [0.2, 0.25) is 5.91 Å². The highest BCUT2D eigenvalue weighted by Gasteiger charge is 2.32. The summed E-state index contributed by atoms with van der Waals surface area (Å²) in [6, 6.07) is 21.1. The van der Waals surface area contributed by atoms with Crippen LogP contribution in [0.4, 0.5) is 4.39 Å². The number of nitrogens with one attached hydrogen (secondary N) is 1. The molecular weight excluding hydrogens is 431 g/mol. The zero-order chi connectivity index (χ0) is 23.8. The van der Waals surface area contributed by atoms with Crippen LogP contribution in [0.1, 0.15) is 18.4 Å². The number of ether oxygens (including phenoxy) is 2. The van der Waals surface area contributed by atoms with Gasteiger partial charge in [0.15, 0.2) is 0 Å². The van der Waals surface area contributed by atoms with Gasteiger partial charge in [-0.3, -0.25) is 9.69 Å². The Morgan fingerprint density at radius 3 is 2.74 bits per heavy atom. The number of amides is 1.